The number of hydrogen-bond donors (Lipinski definition) is 0. The molecule has 8 nitrogen and oxygen atoms in total. The predicted molar refractivity (Wildman–Crippen MR) is 134 cm³/mol. The molecule has 1 aromatic carbocycles. The Morgan fingerprint density at radius 3 is 2.38 bits per heavy atom. The van der Waals surface area contributed by atoms with Crippen LogP contribution >= 0.6 is 0 Å². The van der Waals surface area contributed by atoms with Gasteiger partial charge in [0.15, 0.2) is 5.82 Å². The average Bonchev–Trinajstić information content (AvgIpc) is 2.86. The van der Waals surface area contributed by atoms with Crippen LogP contribution < -0.4 is 9.64 Å². The van der Waals surface area contributed by atoms with Gasteiger partial charge in [0.05, 0.1) is 19.3 Å². The molecule has 0 spiro atoms. The number of piperazine rings is 1. The van der Waals surface area contributed by atoms with Crippen molar-refractivity contribution in [3.8, 4) is 17.0 Å². The van der Waals surface area contributed by atoms with Crippen molar-refractivity contribution in [3.05, 3.63) is 36.4 Å². The van der Waals surface area contributed by atoms with Crippen molar-refractivity contribution in [1.82, 2.24) is 20.0 Å². The summed E-state index contributed by atoms with van der Waals surface area (Å²) in [6.07, 6.45) is 1.30. The Morgan fingerprint density at radius 2 is 1.79 bits per heavy atom. The third-order valence-electron chi connectivity index (χ3n) is 6.30. The molecule has 0 saturated carbocycles. The third kappa shape index (κ3) is 6.46. The maximum absolute atomic E-state index is 13.0. The lowest BCUT2D eigenvalue weighted by atomic mass is 10.1. The summed E-state index contributed by atoms with van der Waals surface area (Å²) < 4.78 is 5.29. The van der Waals surface area contributed by atoms with Gasteiger partial charge in [0.1, 0.15) is 5.75 Å². The summed E-state index contributed by atoms with van der Waals surface area (Å²) in [6.45, 7) is 10.8. The fourth-order valence-electron chi connectivity index (χ4n) is 4.04. The fourth-order valence-corrected chi connectivity index (χ4v) is 4.04. The molecule has 0 radical (unpaired) electrons. The Bertz CT molecular complexity index is 955. The highest BCUT2D eigenvalue weighted by atomic mass is 16.5. The quantitative estimate of drug-likeness (QED) is 0.562. The van der Waals surface area contributed by atoms with E-state index < -0.39 is 0 Å². The number of ether oxygens (including phenoxy) is 1. The first kappa shape index (κ1) is 25.5. The Labute approximate surface area is 202 Å². The van der Waals surface area contributed by atoms with Gasteiger partial charge in [0, 0.05) is 44.2 Å². The zero-order valence-electron chi connectivity index (χ0n) is 21.0. The second kappa shape index (κ2) is 11.8. The third-order valence-corrected chi connectivity index (χ3v) is 6.30. The Morgan fingerprint density at radius 1 is 1.06 bits per heavy atom. The summed E-state index contributed by atoms with van der Waals surface area (Å²) >= 11 is 0. The molecule has 2 amide bonds. The van der Waals surface area contributed by atoms with E-state index in [1.54, 1.807) is 12.0 Å². The van der Waals surface area contributed by atoms with Crippen molar-refractivity contribution in [2.45, 2.75) is 46.6 Å². The highest BCUT2D eigenvalue weighted by Crippen LogP contribution is 2.23. The number of carbonyl (C=O) groups excluding carboxylic acids is 2. The molecule has 1 aliphatic rings. The molecule has 0 bridgehead atoms. The number of hydrogen-bond acceptors (Lipinski definition) is 6. The van der Waals surface area contributed by atoms with Crippen molar-refractivity contribution in [3.63, 3.8) is 0 Å². The molecule has 1 saturated heterocycles. The maximum atomic E-state index is 13.0. The lowest BCUT2D eigenvalue weighted by molar-refractivity contribution is -0.143. The Kier molecular flexibility index (Phi) is 8.85. The molecule has 1 fully saturated rings. The van der Waals surface area contributed by atoms with E-state index >= 15 is 0 Å². The van der Waals surface area contributed by atoms with Crippen LogP contribution in [0.15, 0.2) is 36.4 Å². The zero-order valence-corrected chi connectivity index (χ0v) is 21.0. The molecule has 0 aliphatic carbocycles. The minimum absolute atomic E-state index is 0.0107. The molecule has 1 aliphatic heterocycles. The molecule has 1 aromatic heterocycles. The van der Waals surface area contributed by atoms with Gasteiger partial charge >= 0.3 is 0 Å². The van der Waals surface area contributed by atoms with Crippen molar-refractivity contribution in [2.75, 3.05) is 44.7 Å². The highest BCUT2D eigenvalue weighted by Gasteiger charge is 2.27. The molecule has 3 rings (SSSR count). The summed E-state index contributed by atoms with van der Waals surface area (Å²) in [7, 11) is 1.64. The van der Waals surface area contributed by atoms with Crippen LogP contribution in [0.1, 0.15) is 40.5 Å². The number of methoxy groups -OCH3 is 1. The summed E-state index contributed by atoms with van der Waals surface area (Å²) in [5.41, 5.74) is 1.74. The smallest absolute Gasteiger partial charge is 0.242 e. The van der Waals surface area contributed by atoms with E-state index in [0.717, 1.165) is 29.2 Å². The lowest BCUT2D eigenvalue weighted by Crippen LogP contribution is -2.53. The number of benzene rings is 1. The van der Waals surface area contributed by atoms with Crippen LogP contribution in [0.3, 0.4) is 0 Å². The summed E-state index contributed by atoms with van der Waals surface area (Å²) in [5.74, 6) is 1.92. The molecule has 0 N–H and O–H groups in total. The van der Waals surface area contributed by atoms with Gasteiger partial charge in [-0.2, -0.15) is 0 Å². The van der Waals surface area contributed by atoms with Crippen LogP contribution in [0.2, 0.25) is 0 Å². The molecule has 8 heteroatoms. The number of anilines is 1. The number of carbonyl (C=O) groups is 2. The van der Waals surface area contributed by atoms with Crippen LogP contribution in [0.25, 0.3) is 11.3 Å². The largest absolute Gasteiger partial charge is 0.497 e. The topological polar surface area (TPSA) is 78.9 Å². The van der Waals surface area contributed by atoms with Crippen molar-refractivity contribution >= 4 is 17.6 Å². The Hall–Kier alpha value is -3.16. The van der Waals surface area contributed by atoms with Crippen molar-refractivity contribution < 1.29 is 14.3 Å². The van der Waals surface area contributed by atoms with E-state index in [9.17, 15) is 9.59 Å². The molecule has 2 heterocycles. The molecular weight excluding hydrogens is 430 g/mol. The lowest BCUT2D eigenvalue weighted by Gasteiger charge is -2.37. The number of aromatic nitrogens is 2. The normalized spacial score (nSPS) is 14.8. The van der Waals surface area contributed by atoms with E-state index in [1.165, 1.54) is 0 Å². The van der Waals surface area contributed by atoms with Gasteiger partial charge in [-0.1, -0.05) is 32.9 Å². The molecule has 0 unspecified atom stereocenters. The second-order valence-electron chi connectivity index (χ2n) is 9.25. The van der Waals surface area contributed by atoms with Gasteiger partial charge in [-0.3, -0.25) is 9.59 Å². The van der Waals surface area contributed by atoms with Crippen LogP contribution in [-0.4, -0.2) is 77.7 Å². The first-order chi connectivity index (χ1) is 16.3. The van der Waals surface area contributed by atoms with Gasteiger partial charge < -0.3 is 19.4 Å². The second-order valence-corrected chi connectivity index (χ2v) is 9.25. The van der Waals surface area contributed by atoms with Crippen LogP contribution in [0.5, 0.6) is 5.75 Å². The maximum Gasteiger partial charge on any atom is 0.242 e. The Balaban J connectivity index is 1.57. The van der Waals surface area contributed by atoms with Gasteiger partial charge in [-0.25, -0.2) is 0 Å². The number of amides is 2. The number of nitrogens with zero attached hydrogens (tertiary/aromatic N) is 5. The van der Waals surface area contributed by atoms with Gasteiger partial charge in [0.25, 0.3) is 0 Å². The van der Waals surface area contributed by atoms with Crippen molar-refractivity contribution in [2.24, 2.45) is 5.92 Å². The summed E-state index contributed by atoms with van der Waals surface area (Å²) in [5, 5.41) is 8.81. The monoisotopic (exact) mass is 467 g/mol. The number of rotatable bonds is 9. The standard InChI is InChI=1S/C26H37N5O3/c1-6-20(4)31(25(32)16-19(2)3)18-26(33)30-14-12-29(13-15-30)24-11-10-23(27-28-24)21-8-7-9-22(17-21)34-5/h7-11,17,19-20H,6,12-16,18H2,1-5H3/t20-/m0/s1. The van der Waals surface area contributed by atoms with Crippen LogP contribution in [0.4, 0.5) is 5.82 Å². The van der Waals surface area contributed by atoms with Gasteiger partial charge in [-0.15, -0.1) is 10.2 Å². The molecular formula is C26H37N5O3. The molecule has 1 atom stereocenters. The highest BCUT2D eigenvalue weighted by molar-refractivity contribution is 5.85. The van der Waals surface area contributed by atoms with E-state index in [1.807, 2.05) is 69.0 Å². The molecule has 2 aromatic rings. The average molecular weight is 468 g/mol. The molecule has 34 heavy (non-hydrogen) atoms. The summed E-state index contributed by atoms with van der Waals surface area (Å²) in [6, 6.07) is 11.7. The van der Waals surface area contributed by atoms with Gasteiger partial charge in [0.2, 0.25) is 11.8 Å². The molecule has 184 valence electrons. The van der Waals surface area contributed by atoms with E-state index in [2.05, 4.69) is 15.1 Å². The fraction of sp³-hybridized carbons (Fsp3) is 0.538. The minimum Gasteiger partial charge on any atom is -0.497 e. The van der Waals surface area contributed by atoms with Crippen molar-refractivity contribution in [1.29, 1.82) is 0 Å². The van der Waals surface area contributed by atoms with Crippen LogP contribution in [-0.2, 0) is 9.59 Å². The first-order valence-electron chi connectivity index (χ1n) is 12.1. The van der Waals surface area contributed by atoms with E-state index in [4.69, 9.17) is 4.74 Å². The zero-order chi connectivity index (χ0) is 24.7. The van der Waals surface area contributed by atoms with Crippen LogP contribution in [0, 0.1) is 5.92 Å². The SMILES string of the molecule is CC[C@H](C)N(CC(=O)N1CCN(c2ccc(-c3cccc(OC)c3)nn2)CC1)C(=O)CC(C)C. The van der Waals surface area contributed by atoms with Gasteiger partial charge in [-0.05, 0) is 43.5 Å². The summed E-state index contributed by atoms with van der Waals surface area (Å²) in [4.78, 5) is 31.4. The predicted octanol–water partition coefficient (Wildman–Crippen LogP) is 3.47. The minimum atomic E-state index is 0.0107. The van der Waals surface area contributed by atoms with E-state index in [-0.39, 0.29) is 30.3 Å². The first-order valence-corrected chi connectivity index (χ1v) is 12.1. The van der Waals surface area contributed by atoms with E-state index in [0.29, 0.717) is 32.6 Å².